The molecule has 146 valence electrons. The number of amides is 1. The first-order chi connectivity index (χ1) is 13.5. The smallest absolute Gasteiger partial charge is 0.270 e. The Morgan fingerprint density at radius 1 is 1.25 bits per heavy atom. The Morgan fingerprint density at radius 2 is 1.96 bits per heavy atom. The van der Waals surface area contributed by atoms with Crippen molar-refractivity contribution in [1.29, 1.82) is 0 Å². The van der Waals surface area contributed by atoms with Gasteiger partial charge in [-0.15, -0.1) is 0 Å². The number of anilines is 1. The van der Waals surface area contributed by atoms with Crippen LogP contribution in [0, 0.1) is 10.1 Å². The van der Waals surface area contributed by atoms with Crippen LogP contribution in [0.3, 0.4) is 0 Å². The Bertz CT molecular complexity index is 880. The lowest BCUT2D eigenvalue weighted by Crippen LogP contribution is -2.36. The molecule has 0 aliphatic carbocycles. The molecule has 3 rings (SSSR count). The van der Waals surface area contributed by atoms with Gasteiger partial charge in [0.15, 0.2) is 0 Å². The van der Waals surface area contributed by atoms with E-state index in [1.807, 2.05) is 24.3 Å². The molecule has 1 heterocycles. The van der Waals surface area contributed by atoms with E-state index in [0.29, 0.717) is 31.9 Å². The first kappa shape index (κ1) is 20.0. The van der Waals surface area contributed by atoms with Crippen molar-refractivity contribution in [1.82, 2.24) is 5.43 Å². The Kier molecular flexibility index (Phi) is 6.72. The van der Waals surface area contributed by atoms with Crippen LogP contribution in [0.5, 0.6) is 0 Å². The number of morpholine rings is 1. The Labute approximate surface area is 170 Å². The number of carbonyl (C=O) groups is 1. The highest BCUT2D eigenvalue weighted by molar-refractivity contribution is 9.10. The van der Waals surface area contributed by atoms with E-state index in [4.69, 9.17) is 4.74 Å². The standard InChI is InChI=1S/C19H19BrN4O4/c20-16-3-1-14(2-4-16)11-19(25)22-21-13-15-12-17(24(26)27)5-6-18(15)23-7-9-28-10-8-23/h1-6,12-13H,7-11H2,(H,22,25)/b21-13+. The second kappa shape index (κ2) is 9.43. The Hall–Kier alpha value is -2.78. The van der Waals surface area contributed by atoms with E-state index in [1.54, 1.807) is 6.07 Å². The molecule has 9 heteroatoms. The summed E-state index contributed by atoms with van der Waals surface area (Å²) in [7, 11) is 0. The second-order valence-electron chi connectivity index (χ2n) is 6.20. The van der Waals surface area contributed by atoms with Crippen LogP contribution in [-0.2, 0) is 16.0 Å². The average Bonchev–Trinajstić information content (AvgIpc) is 2.70. The van der Waals surface area contributed by atoms with Crippen molar-refractivity contribution in [3.63, 3.8) is 0 Å². The largest absolute Gasteiger partial charge is 0.378 e. The van der Waals surface area contributed by atoms with Gasteiger partial charge in [0.2, 0.25) is 5.91 Å². The number of nitrogens with one attached hydrogen (secondary N) is 1. The van der Waals surface area contributed by atoms with Gasteiger partial charge in [-0.2, -0.15) is 5.10 Å². The molecule has 0 spiro atoms. The maximum absolute atomic E-state index is 12.1. The van der Waals surface area contributed by atoms with E-state index < -0.39 is 4.92 Å². The van der Waals surface area contributed by atoms with Gasteiger partial charge in [0.1, 0.15) is 0 Å². The van der Waals surface area contributed by atoms with Crippen molar-refractivity contribution in [2.24, 2.45) is 5.10 Å². The molecular formula is C19H19BrN4O4. The number of nitro benzene ring substituents is 1. The van der Waals surface area contributed by atoms with Crippen LogP contribution < -0.4 is 10.3 Å². The fraction of sp³-hybridized carbons (Fsp3) is 0.263. The van der Waals surface area contributed by atoms with E-state index in [-0.39, 0.29) is 18.0 Å². The predicted molar refractivity (Wildman–Crippen MR) is 110 cm³/mol. The molecule has 2 aromatic carbocycles. The van der Waals surface area contributed by atoms with Crippen LogP contribution in [0.4, 0.5) is 11.4 Å². The van der Waals surface area contributed by atoms with Crippen LogP contribution in [0.2, 0.25) is 0 Å². The van der Waals surface area contributed by atoms with Gasteiger partial charge in [0.25, 0.3) is 5.69 Å². The van der Waals surface area contributed by atoms with Gasteiger partial charge < -0.3 is 9.64 Å². The van der Waals surface area contributed by atoms with Gasteiger partial charge >= 0.3 is 0 Å². The van der Waals surface area contributed by atoms with Crippen molar-refractivity contribution >= 4 is 39.4 Å². The summed E-state index contributed by atoms with van der Waals surface area (Å²) in [5.74, 6) is -0.267. The molecule has 1 fully saturated rings. The summed E-state index contributed by atoms with van der Waals surface area (Å²) in [5, 5.41) is 15.1. The van der Waals surface area contributed by atoms with Gasteiger partial charge in [-0.25, -0.2) is 5.43 Å². The number of hydrazone groups is 1. The average molecular weight is 447 g/mol. The highest BCUT2D eigenvalue weighted by Crippen LogP contribution is 2.25. The first-order valence-corrected chi connectivity index (χ1v) is 9.50. The molecule has 2 aromatic rings. The molecule has 0 aromatic heterocycles. The summed E-state index contributed by atoms with van der Waals surface area (Å²) in [6, 6.07) is 12.1. The van der Waals surface area contributed by atoms with E-state index in [1.165, 1.54) is 18.3 Å². The number of non-ortho nitro benzene ring substituents is 1. The summed E-state index contributed by atoms with van der Waals surface area (Å²) < 4.78 is 6.30. The summed E-state index contributed by atoms with van der Waals surface area (Å²) in [5.41, 5.74) is 4.70. The number of ether oxygens (including phenoxy) is 1. The second-order valence-corrected chi connectivity index (χ2v) is 7.11. The number of rotatable bonds is 6. The Morgan fingerprint density at radius 3 is 2.64 bits per heavy atom. The number of benzene rings is 2. The molecule has 1 amide bonds. The molecule has 0 unspecified atom stereocenters. The maximum atomic E-state index is 12.1. The lowest BCUT2D eigenvalue weighted by Gasteiger charge is -2.29. The molecule has 1 N–H and O–H groups in total. The van der Waals surface area contributed by atoms with Gasteiger partial charge in [0, 0.05) is 40.9 Å². The maximum Gasteiger partial charge on any atom is 0.270 e. The van der Waals surface area contributed by atoms with Gasteiger partial charge in [-0.3, -0.25) is 14.9 Å². The SMILES string of the molecule is O=C(Cc1ccc(Br)cc1)N/N=C/c1cc([N+](=O)[O-])ccc1N1CCOCC1. The van der Waals surface area contributed by atoms with Gasteiger partial charge in [-0.1, -0.05) is 28.1 Å². The molecule has 0 bridgehead atoms. The molecule has 0 atom stereocenters. The molecule has 1 aliphatic heterocycles. The van der Waals surface area contributed by atoms with Crippen molar-refractivity contribution in [2.75, 3.05) is 31.2 Å². The molecule has 8 nitrogen and oxygen atoms in total. The summed E-state index contributed by atoms with van der Waals surface area (Å²) in [6.45, 7) is 2.57. The zero-order valence-electron chi connectivity index (χ0n) is 15.0. The fourth-order valence-electron chi connectivity index (χ4n) is 2.85. The number of carbonyl (C=O) groups excluding carboxylic acids is 1. The lowest BCUT2D eigenvalue weighted by molar-refractivity contribution is -0.384. The first-order valence-electron chi connectivity index (χ1n) is 8.70. The topological polar surface area (TPSA) is 97.1 Å². The van der Waals surface area contributed by atoms with Crippen LogP contribution in [0.1, 0.15) is 11.1 Å². The van der Waals surface area contributed by atoms with Crippen molar-refractivity contribution in [3.8, 4) is 0 Å². The monoisotopic (exact) mass is 446 g/mol. The highest BCUT2D eigenvalue weighted by atomic mass is 79.9. The number of halogens is 1. The minimum absolute atomic E-state index is 0.0281. The van der Waals surface area contributed by atoms with Crippen molar-refractivity contribution < 1.29 is 14.5 Å². The number of nitrogens with zero attached hydrogens (tertiary/aromatic N) is 3. The van der Waals surface area contributed by atoms with Crippen LogP contribution in [0.15, 0.2) is 52.0 Å². The zero-order chi connectivity index (χ0) is 19.9. The molecule has 0 saturated carbocycles. The number of hydrogen-bond donors (Lipinski definition) is 1. The summed E-state index contributed by atoms with van der Waals surface area (Å²) >= 11 is 3.35. The predicted octanol–water partition coefficient (Wildman–Crippen LogP) is 2.89. The highest BCUT2D eigenvalue weighted by Gasteiger charge is 2.17. The quantitative estimate of drug-likeness (QED) is 0.417. The van der Waals surface area contributed by atoms with Crippen molar-refractivity contribution in [2.45, 2.75) is 6.42 Å². The van der Waals surface area contributed by atoms with Crippen molar-refractivity contribution in [3.05, 3.63) is 68.2 Å². The molecule has 28 heavy (non-hydrogen) atoms. The number of hydrogen-bond acceptors (Lipinski definition) is 6. The zero-order valence-corrected chi connectivity index (χ0v) is 16.6. The van der Waals surface area contributed by atoms with Gasteiger partial charge in [-0.05, 0) is 23.8 Å². The third kappa shape index (κ3) is 5.37. The molecule has 0 radical (unpaired) electrons. The van der Waals surface area contributed by atoms with Crippen LogP contribution in [-0.4, -0.2) is 43.3 Å². The van der Waals surface area contributed by atoms with Crippen LogP contribution in [0.25, 0.3) is 0 Å². The lowest BCUT2D eigenvalue weighted by atomic mass is 10.1. The third-order valence-electron chi connectivity index (χ3n) is 4.24. The summed E-state index contributed by atoms with van der Waals surface area (Å²) in [6.07, 6.45) is 1.63. The van der Waals surface area contributed by atoms with Crippen LogP contribution >= 0.6 is 15.9 Å². The minimum atomic E-state index is -0.452. The molecule has 1 aliphatic rings. The fourth-order valence-corrected chi connectivity index (χ4v) is 3.12. The number of nitro groups is 1. The Balaban J connectivity index is 1.71. The van der Waals surface area contributed by atoms with E-state index >= 15 is 0 Å². The van der Waals surface area contributed by atoms with E-state index in [2.05, 4.69) is 31.4 Å². The van der Waals surface area contributed by atoms with E-state index in [9.17, 15) is 14.9 Å². The molecule has 1 saturated heterocycles. The van der Waals surface area contributed by atoms with Gasteiger partial charge in [0.05, 0.1) is 30.8 Å². The minimum Gasteiger partial charge on any atom is -0.378 e. The van der Waals surface area contributed by atoms with E-state index in [0.717, 1.165) is 15.7 Å². The third-order valence-corrected chi connectivity index (χ3v) is 4.77. The normalized spacial score (nSPS) is 14.2. The molecular weight excluding hydrogens is 428 g/mol. The summed E-state index contributed by atoms with van der Waals surface area (Å²) in [4.78, 5) is 24.8.